The maximum atomic E-state index is 5.57. The molecule has 0 aliphatic carbocycles. The van der Waals surface area contributed by atoms with Crippen molar-refractivity contribution in [2.24, 2.45) is 5.73 Å². The van der Waals surface area contributed by atoms with Gasteiger partial charge in [0.2, 0.25) is 0 Å². The summed E-state index contributed by atoms with van der Waals surface area (Å²) in [7, 11) is 0. The highest BCUT2D eigenvalue weighted by Gasteiger charge is 2.04. The second-order valence-electron chi connectivity index (χ2n) is 4.55. The van der Waals surface area contributed by atoms with Crippen molar-refractivity contribution < 1.29 is 0 Å². The Morgan fingerprint density at radius 3 is 2.76 bits per heavy atom. The van der Waals surface area contributed by atoms with E-state index in [0.29, 0.717) is 12.5 Å². The number of nitrogens with zero attached hydrogens (tertiary/aromatic N) is 2. The van der Waals surface area contributed by atoms with Crippen molar-refractivity contribution >= 4 is 0 Å². The topological polar surface area (TPSA) is 43.8 Å². The Bertz CT molecular complexity index is 486. The normalized spacial score (nSPS) is 11.1. The molecule has 90 valence electrons. The zero-order chi connectivity index (χ0) is 12.3. The van der Waals surface area contributed by atoms with Crippen LogP contribution in [0, 0.1) is 0 Å². The van der Waals surface area contributed by atoms with Crippen molar-refractivity contribution in [2.75, 3.05) is 6.54 Å². The van der Waals surface area contributed by atoms with Crippen LogP contribution in [-0.4, -0.2) is 16.3 Å². The third kappa shape index (κ3) is 2.74. The van der Waals surface area contributed by atoms with Crippen LogP contribution in [0.3, 0.4) is 0 Å². The Balaban J connectivity index is 2.28. The van der Waals surface area contributed by atoms with E-state index in [1.54, 1.807) is 0 Å². The van der Waals surface area contributed by atoms with Gasteiger partial charge in [0.05, 0.1) is 11.4 Å². The predicted molar refractivity (Wildman–Crippen MR) is 70.4 cm³/mol. The Kier molecular flexibility index (Phi) is 3.59. The largest absolute Gasteiger partial charge is 0.330 e. The molecular formula is C14H19N3. The quantitative estimate of drug-likeness (QED) is 0.875. The van der Waals surface area contributed by atoms with Crippen LogP contribution in [-0.2, 0) is 6.42 Å². The molecule has 0 saturated carbocycles. The number of hydrogen-bond acceptors (Lipinski definition) is 2. The van der Waals surface area contributed by atoms with Crippen molar-refractivity contribution in [3.63, 3.8) is 0 Å². The van der Waals surface area contributed by atoms with E-state index >= 15 is 0 Å². The molecule has 0 spiro atoms. The van der Waals surface area contributed by atoms with E-state index in [1.165, 1.54) is 5.56 Å². The Labute approximate surface area is 102 Å². The minimum absolute atomic E-state index is 0.462. The number of hydrogen-bond donors (Lipinski definition) is 1. The molecule has 0 aliphatic heterocycles. The number of nitrogens with two attached hydrogens (primary N) is 1. The molecule has 0 amide bonds. The Morgan fingerprint density at radius 2 is 2.12 bits per heavy atom. The van der Waals surface area contributed by atoms with Crippen molar-refractivity contribution in [1.82, 2.24) is 9.78 Å². The zero-order valence-corrected chi connectivity index (χ0v) is 10.4. The van der Waals surface area contributed by atoms with Gasteiger partial charge in [0.1, 0.15) is 0 Å². The van der Waals surface area contributed by atoms with Gasteiger partial charge in [-0.15, -0.1) is 0 Å². The molecule has 0 saturated heterocycles. The summed E-state index contributed by atoms with van der Waals surface area (Å²) < 4.78 is 1.93. The summed E-state index contributed by atoms with van der Waals surface area (Å²) in [6.45, 7) is 4.98. The summed E-state index contributed by atoms with van der Waals surface area (Å²) in [6.07, 6.45) is 2.92. The molecule has 0 bridgehead atoms. The fourth-order valence-electron chi connectivity index (χ4n) is 1.81. The molecule has 0 atom stereocenters. The summed E-state index contributed by atoms with van der Waals surface area (Å²) >= 11 is 0. The highest BCUT2D eigenvalue weighted by Crippen LogP contribution is 2.15. The van der Waals surface area contributed by atoms with Crippen LogP contribution in [0.1, 0.15) is 31.0 Å². The van der Waals surface area contributed by atoms with Crippen LogP contribution < -0.4 is 5.73 Å². The Morgan fingerprint density at radius 1 is 1.29 bits per heavy atom. The van der Waals surface area contributed by atoms with E-state index in [4.69, 9.17) is 5.73 Å². The molecule has 2 N–H and O–H groups in total. The standard InChI is InChI=1S/C14H19N3/c1-11(2)14-7-9-17(16-14)13-5-3-4-12(10-13)6-8-15/h3-5,7,9-11H,6,8,15H2,1-2H3. The fourth-order valence-corrected chi connectivity index (χ4v) is 1.81. The van der Waals surface area contributed by atoms with Gasteiger partial charge in [-0.25, -0.2) is 4.68 Å². The van der Waals surface area contributed by atoms with Crippen LogP contribution in [0.5, 0.6) is 0 Å². The summed E-state index contributed by atoms with van der Waals surface area (Å²) in [6, 6.07) is 10.4. The first-order valence-electron chi connectivity index (χ1n) is 6.05. The third-order valence-corrected chi connectivity index (χ3v) is 2.81. The molecule has 2 aromatic rings. The van der Waals surface area contributed by atoms with Crippen LogP contribution in [0.25, 0.3) is 5.69 Å². The summed E-state index contributed by atoms with van der Waals surface area (Å²) in [4.78, 5) is 0. The molecule has 3 heteroatoms. The second-order valence-corrected chi connectivity index (χ2v) is 4.55. The van der Waals surface area contributed by atoms with Gasteiger partial charge in [-0.2, -0.15) is 5.10 Å². The van der Waals surface area contributed by atoms with E-state index in [-0.39, 0.29) is 0 Å². The third-order valence-electron chi connectivity index (χ3n) is 2.81. The van der Waals surface area contributed by atoms with Gasteiger partial charge < -0.3 is 5.73 Å². The molecule has 3 nitrogen and oxygen atoms in total. The van der Waals surface area contributed by atoms with Crippen molar-refractivity contribution in [3.8, 4) is 5.69 Å². The van der Waals surface area contributed by atoms with E-state index in [0.717, 1.165) is 17.8 Å². The number of aromatic nitrogens is 2. The molecule has 0 aliphatic rings. The fraction of sp³-hybridized carbons (Fsp3) is 0.357. The van der Waals surface area contributed by atoms with Gasteiger partial charge in [-0.1, -0.05) is 26.0 Å². The summed E-state index contributed by atoms with van der Waals surface area (Å²) in [5.74, 6) is 0.462. The van der Waals surface area contributed by atoms with Gasteiger partial charge in [0.25, 0.3) is 0 Å². The zero-order valence-electron chi connectivity index (χ0n) is 10.4. The molecule has 17 heavy (non-hydrogen) atoms. The van der Waals surface area contributed by atoms with Crippen LogP contribution in [0.2, 0.25) is 0 Å². The number of rotatable bonds is 4. The molecule has 1 aromatic carbocycles. The first kappa shape index (κ1) is 11.9. The lowest BCUT2D eigenvalue weighted by Gasteiger charge is -2.05. The second kappa shape index (κ2) is 5.15. The average Bonchev–Trinajstić information content (AvgIpc) is 2.79. The smallest absolute Gasteiger partial charge is 0.0654 e. The lowest BCUT2D eigenvalue weighted by atomic mass is 10.1. The monoisotopic (exact) mass is 229 g/mol. The van der Waals surface area contributed by atoms with E-state index in [9.17, 15) is 0 Å². The van der Waals surface area contributed by atoms with Gasteiger partial charge >= 0.3 is 0 Å². The number of benzene rings is 1. The van der Waals surface area contributed by atoms with Crippen molar-refractivity contribution in [2.45, 2.75) is 26.2 Å². The van der Waals surface area contributed by atoms with Gasteiger partial charge in [-0.05, 0) is 42.6 Å². The lowest BCUT2D eigenvalue weighted by Crippen LogP contribution is -2.04. The molecule has 0 radical (unpaired) electrons. The first-order valence-corrected chi connectivity index (χ1v) is 6.05. The highest BCUT2D eigenvalue weighted by atomic mass is 15.3. The minimum atomic E-state index is 0.462. The van der Waals surface area contributed by atoms with Crippen molar-refractivity contribution in [1.29, 1.82) is 0 Å². The van der Waals surface area contributed by atoms with Crippen LogP contribution in [0.15, 0.2) is 36.5 Å². The lowest BCUT2D eigenvalue weighted by molar-refractivity contribution is 0.767. The molecule has 1 heterocycles. The average molecular weight is 229 g/mol. The first-order chi connectivity index (χ1) is 8.20. The SMILES string of the molecule is CC(C)c1ccn(-c2cccc(CCN)c2)n1. The van der Waals surface area contributed by atoms with E-state index in [2.05, 4.69) is 49.3 Å². The molecule has 1 aromatic heterocycles. The van der Waals surface area contributed by atoms with Crippen LogP contribution in [0.4, 0.5) is 0 Å². The molecule has 0 unspecified atom stereocenters. The van der Waals surface area contributed by atoms with Crippen molar-refractivity contribution in [3.05, 3.63) is 47.8 Å². The predicted octanol–water partition coefficient (Wildman–Crippen LogP) is 2.50. The van der Waals surface area contributed by atoms with Crippen LogP contribution >= 0.6 is 0 Å². The highest BCUT2D eigenvalue weighted by molar-refractivity contribution is 5.35. The van der Waals surface area contributed by atoms with E-state index < -0.39 is 0 Å². The van der Waals surface area contributed by atoms with Gasteiger partial charge in [0.15, 0.2) is 0 Å². The van der Waals surface area contributed by atoms with Gasteiger partial charge in [-0.3, -0.25) is 0 Å². The molecule has 0 fully saturated rings. The Hall–Kier alpha value is -1.61. The maximum Gasteiger partial charge on any atom is 0.0654 e. The summed E-state index contributed by atoms with van der Waals surface area (Å²) in [5, 5.41) is 4.57. The summed E-state index contributed by atoms with van der Waals surface area (Å²) in [5.41, 5.74) is 9.05. The minimum Gasteiger partial charge on any atom is -0.330 e. The molecule has 2 rings (SSSR count). The van der Waals surface area contributed by atoms with Gasteiger partial charge in [0, 0.05) is 6.20 Å². The maximum absolute atomic E-state index is 5.57. The molecular weight excluding hydrogens is 210 g/mol. The van der Waals surface area contributed by atoms with E-state index in [1.807, 2.05) is 10.9 Å².